The van der Waals surface area contributed by atoms with Gasteiger partial charge in [-0.1, -0.05) is 23.7 Å². The molecule has 0 atom stereocenters. The number of carbonyl (C=O) groups is 1. The zero-order valence-electron chi connectivity index (χ0n) is 20.1. The predicted molar refractivity (Wildman–Crippen MR) is 145 cm³/mol. The van der Waals surface area contributed by atoms with Gasteiger partial charge in [-0.2, -0.15) is 5.10 Å². The smallest absolute Gasteiger partial charge is 0.262 e. The SMILES string of the molecule is CN=c1scc(-c2ccc3c(c2)NC(=O)CO3)n1N=Cc1ccc(OCc2ccc(Cl)cc2)c(OC)c1. The van der Waals surface area contributed by atoms with Gasteiger partial charge >= 0.3 is 0 Å². The van der Waals surface area contributed by atoms with Crippen molar-refractivity contribution in [3.8, 4) is 28.5 Å². The van der Waals surface area contributed by atoms with E-state index >= 15 is 0 Å². The van der Waals surface area contributed by atoms with E-state index in [-0.39, 0.29) is 12.5 Å². The maximum absolute atomic E-state index is 11.8. The van der Waals surface area contributed by atoms with Gasteiger partial charge in [-0.05, 0) is 59.7 Å². The van der Waals surface area contributed by atoms with Crippen molar-refractivity contribution in [3.05, 3.63) is 87.0 Å². The lowest BCUT2D eigenvalue weighted by molar-refractivity contribution is -0.118. The lowest BCUT2D eigenvalue weighted by Gasteiger charge is -2.18. The predicted octanol–water partition coefficient (Wildman–Crippen LogP) is 5.20. The Morgan fingerprint density at radius 1 is 1.14 bits per heavy atom. The van der Waals surface area contributed by atoms with E-state index in [0.29, 0.717) is 34.6 Å². The summed E-state index contributed by atoms with van der Waals surface area (Å²) in [6.07, 6.45) is 1.74. The second kappa shape index (κ2) is 10.9. The maximum Gasteiger partial charge on any atom is 0.262 e. The van der Waals surface area contributed by atoms with Crippen molar-refractivity contribution >= 4 is 40.7 Å². The molecule has 8 nitrogen and oxygen atoms in total. The third-order valence-corrected chi connectivity index (χ3v) is 6.76. The van der Waals surface area contributed by atoms with Gasteiger partial charge in [-0.3, -0.25) is 9.79 Å². The van der Waals surface area contributed by atoms with Crippen molar-refractivity contribution < 1.29 is 19.0 Å². The van der Waals surface area contributed by atoms with Crippen LogP contribution in [0.5, 0.6) is 17.2 Å². The third-order valence-electron chi connectivity index (χ3n) is 5.60. The molecule has 5 rings (SSSR count). The number of anilines is 1. The molecule has 1 amide bonds. The van der Waals surface area contributed by atoms with Crippen LogP contribution in [-0.2, 0) is 11.4 Å². The first-order valence-electron chi connectivity index (χ1n) is 11.3. The maximum atomic E-state index is 11.8. The fourth-order valence-electron chi connectivity index (χ4n) is 3.75. The molecule has 0 aliphatic carbocycles. The molecule has 1 N–H and O–H groups in total. The summed E-state index contributed by atoms with van der Waals surface area (Å²) in [5, 5.41) is 10.2. The quantitative estimate of drug-likeness (QED) is 0.330. The lowest BCUT2D eigenvalue weighted by Crippen LogP contribution is -2.25. The normalized spacial score (nSPS) is 13.3. The van der Waals surface area contributed by atoms with Crippen LogP contribution in [0.4, 0.5) is 5.69 Å². The number of nitrogens with one attached hydrogen (secondary N) is 1. The van der Waals surface area contributed by atoms with E-state index in [2.05, 4.69) is 10.3 Å². The van der Waals surface area contributed by atoms with Gasteiger partial charge in [-0.25, -0.2) is 4.68 Å². The number of aromatic nitrogens is 1. The first-order chi connectivity index (χ1) is 18.0. The van der Waals surface area contributed by atoms with Crippen molar-refractivity contribution in [1.82, 2.24) is 4.68 Å². The summed E-state index contributed by atoms with van der Waals surface area (Å²) in [7, 11) is 3.32. The van der Waals surface area contributed by atoms with Crippen LogP contribution < -0.4 is 24.3 Å². The van der Waals surface area contributed by atoms with Crippen LogP contribution in [0.2, 0.25) is 5.02 Å². The number of hydrogen-bond donors (Lipinski definition) is 1. The molecule has 0 saturated heterocycles. The van der Waals surface area contributed by atoms with Gasteiger partial charge in [-0.15, -0.1) is 11.3 Å². The van der Waals surface area contributed by atoms with Crippen LogP contribution in [0.15, 0.2) is 76.1 Å². The highest BCUT2D eigenvalue weighted by molar-refractivity contribution is 7.07. The standard InChI is InChI=1S/C27H23ClN4O4S/c1-29-27-32(22(16-37-27)19-6-10-23-21(12-19)31-26(33)15-36-23)30-13-18-5-9-24(25(11-18)34-2)35-14-17-3-7-20(28)8-4-17/h3-13,16H,14-15H2,1-2H3,(H,31,33). The molecule has 4 aromatic rings. The summed E-state index contributed by atoms with van der Waals surface area (Å²) in [6.45, 7) is 0.408. The number of nitrogens with zero attached hydrogens (tertiary/aromatic N) is 3. The Morgan fingerprint density at radius 3 is 2.76 bits per heavy atom. The molecule has 10 heteroatoms. The van der Waals surface area contributed by atoms with Crippen LogP contribution in [0.25, 0.3) is 11.3 Å². The van der Waals surface area contributed by atoms with Gasteiger partial charge in [0, 0.05) is 23.0 Å². The van der Waals surface area contributed by atoms with Crippen molar-refractivity contribution in [2.75, 3.05) is 26.1 Å². The van der Waals surface area contributed by atoms with E-state index in [1.165, 1.54) is 11.3 Å². The zero-order valence-corrected chi connectivity index (χ0v) is 21.7. The molecular formula is C27H23ClN4O4S. The molecule has 0 unspecified atom stereocenters. The second-order valence-electron chi connectivity index (χ2n) is 8.06. The summed E-state index contributed by atoms with van der Waals surface area (Å²) < 4.78 is 18.7. The number of amides is 1. The Kier molecular flexibility index (Phi) is 7.25. The van der Waals surface area contributed by atoms with Gasteiger partial charge in [0.05, 0.1) is 24.7 Å². The molecular weight excluding hydrogens is 512 g/mol. The minimum atomic E-state index is -0.181. The van der Waals surface area contributed by atoms with Crippen LogP contribution in [0, 0.1) is 0 Å². The molecule has 188 valence electrons. The summed E-state index contributed by atoms with van der Waals surface area (Å²) >= 11 is 7.43. The van der Waals surface area contributed by atoms with Crippen LogP contribution in [0.3, 0.4) is 0 Å². The number of hydrogen-bond acceptors (Lipinski definition) is 7. The Hall–Kier alpha value is -4.08. The number of thiazole rings is 1. The van der Waals surface area contributed by atoms with E-state index in [9.17, 15) is 4.79 Å². The first kappa shape index (κ1) is 24.6. The zero-order chi connectivity index (χ0) is 25.8. The second-order valence-corrected chi connectivity index (χ2v) is 9.33. The van der Waals surface area contributed by atoms with E-state index in [0.717, 1.165) is 27.2 Å². The van der Waals surface area contributed by atoms with Crippen molar-refractivity contribution in [2.24, 2.45) is 10.1 Å². The summed E-state index contributed by atoms with van der Waals surface area (Å²) in [5.41, 5.74) is 4.16. The lowest BCUT2D eigenvalue weighted by atomic mass is 10.1. The van der Waals surface area contributed by atoms with Gasteiger partial charge in [0.15, 0.2) is 18.1 Å². The molecule has 0 radical (unpaired) electrons. The van der Waals surface area contributed by atoms with Gasteiger partial charge in [0.2, 0.25) is 4.80 Å². The molecule has 0 spiro atoms. The number of methoxy groups -OCH3 is 1. The Morgan fingerprint density at radius 2 is 1.97 bits per heavy atom. The minimum absolute atomic E-state index is 0.0162. The average Bonchev–Trinajstić information content (AvgIpc) is 3.34. The highest BCUT2D eigenvalue weighted by Crippen LogP contribution is 2.33. The molecule has 0 saturated carbocycles. The van der Waals surface area contributed by atoms with Gasteiger partial charge < -0.3 is 19.5 Å². The molecule has 1 aromatic heterocycles. The Labute approximate surface area is 222 Å². The highest BCUT2D eigenvalue weighted by atomic mass is 35.5. The third kappa shape index (κ3) is 5.52. The number of halogens is 1. The first-order valence-corrected chi connectivity index (χ1v) is 12.6. The Balaban J connectivity index is 1.39. The number of ether oxygens (including phenoxy) is 3. The number of rotatable bonds is 7. The molecule has 0 fully saturated rings. The fourth-order valence-corrected chi connectivity index (χ4v) is 4.68. The summed E-state index contributed by atoms with van der Waals surface area (Å²) in [5.74, 6) is 1.68. The number of benzene rings is 3. The summed E-state index contributed by atoms with van der Waals surface area (Å²) in [6, 6.07) is 18.8. The monoisotopic (exact) mass is 534 g/mol. The fraction of sp³-hybridized carbons (Fsp3) is 0.148. The number of carbonyl (C=O) groups excluding carboxylic acids is 1. The molecule has 2 heterocycles. The van der Waals surface area contributed by atoms with Crippen LogP contribution >= 0.6 is 22.9 Å². The summed E-state index contributed by atoms with van der Waals surface area (Å²) in [4.78, 5) is 16.8. The number of fused-ring (bicyclic) bond motifs is 1. The topological polar surface area (TPSA) is 86.4 Å². The largest absolute Gasteiger partial charge is 0.493 e. The van der Waals surface area contributed by atoms with E-state index in [1.54, 1.807) is 25.0 Å². The molecule has 37 heavy (non-hydrogen) atoms. The van der Waals surface area contributed by atoms with E-state index in [1.807, 2.05) is 66.0 Å². The molecule has 1 aliphatic heterocycles. The molecule has 1 aliphatic rings. The minimum Gasteiger partial charge on any atom is -0.493 e. The van der Waals surface area contributed by atoms with Crippen molar-refractivity contribution in [3.63, 3.8) is 0 Å². The molecule has 3 aromatic carbocycles. The van der Waals surface area contributed by atoms with Crippen molar-refractivity contribution in [1.29, 1.82) is 0 Å². The average molecular weight is 535 g/mol. The van der Waals surface area contributed by atoms with Gasteiger partial charge in [0.25, 0.3) is 5.91 Å². The highest BCUT2D eigenvalue weighted by Gasteiger charge is 2.18. The van der Waals surface area contributed by atoms with Crippen LogP contribution in [-0.4, -0.2) is 37.6 Å². The van der Waals surface area contributed by atoms with Gasteiger partial charge in [0.1, 0.15) is 12.4 Å². The van der Waals surface area contributed by atoms with Crippen molar-refractivity contribution in [2.45, 2.75) is 6.61 Å². The van der Waals surface area contributed by atoms with E-state index in [4.69, 9.17) is 30.9 Å². The van der Waals surface area contributed by atoms with Crippen LogP contribution in [0.1, 0.15) is 11.1 Å². The van der Waals surface area contributed by atoms with E-state index < -0.39 is 0 Å². The Bertz CT molecular complexity index is 1540. The molecule has 0 bridgehead atoms.